The predicted molar refractivity (Wildman–Crippen MR) is 116 cm³/mol. The molecule has 0 radical (unpaired) electrons. The molecular weight excluding hydrogens is 392 g/mol. The van der Waals surface area contributed by atoms with E-state index >= 15 is 0 Å². The molecule has 0 fully saturated rings. The van der Waals surface area contributed by atoms with Gasteiger partial charge in [0.1, 0.15) is 0 Å². The van der Waals surface area contributed by atoms with Crippen molar-refractivity contribution in [3.8, 4) is 22.8 Å². The second kappa shape index (κ2) is 8.10. The molecule has 0 unspecified atom stereocenters. The van der Waals surface area contributed by atoms with Gasteiger partial charge in [-0.1, -0.05) is 49.7 Å². The van der Waals surface area contributed by atoms with Crippen LogP contribution in [0.2, 0.25) is 0 Å². The van der Waals surface area contributed by atoms with Gasteiger partial charge in [-0.2, -0.15) is 5.10 Å². The second-order valence-electron chi connectivity index (χ2n) is 7.40. The highest BCUT2D eigenvalue weighted by Gasteiger charge is 2.18. The number of amides is 1. The number of ether oxygens (including phenoxy) is 2. The van der Waals surface area contributed by atoms with Crippen molar-refractivity contribution in [3.63, 3.8) is 0 Å². The summed E-state index contributed by atoms with van der Waals surface area (Å²) in [4.78, 5) is 17.5. The van der Waals surface area contributed by atoms with Crippen LogP contribution in [0.4, 0.5) is 0 Å². The fourth-order valence-electron chi connectivity index (χ4n) is 3.73. The summed E-state index contributed by atoms with van der Waals surface area (Å²) < 4.78 is 12.5. The Bertz CT molecular complexity index is 1250. The third-order valence-corrected chi connectivity index (χ3v) is 5.27. The first kappa shape index (κ1) is 19.1. The molecule has 1 aliphatic heterocycles. The maximum atomic E-state index is 13.0. The Labute approximate surface area is 179 Å². The molecule has 0 atom stereocenters. The van der Waals surface area contributed by atoms with Crippen LogP contribution in [-0.2, 0) is 13.0 Å². The highest BCUT2D eigenvalue weighted by Crippen LogP contribution is 2.32. The van der Waals surface area contributed by atoms with Crippen LogP contribution in [0.5, 0.6) is 11.5 Å². The summed E-state index contributed by atoms with van der Waals surface area (Å²) in [5.74, 6) is 1.25. The van der Waals surface area contributed by atoms with Crippen LogP contribution in [0.3, 0.4) is 0 Å². The number of nitrogens with one attached hydrogen (secondary N) is 1. The van der Waals surface area contributed by atoms with E-state index in [4.69, 9.17) is 14.6 Å². The van der Waals surface area contributed by atoms with Crippen molar-refractivity contribution in [2.75, 3.05) is 6.79 Å². The molecule has 31 heavy (non-hydrogen) atoms. The number of rotatable bonds is 6. The van der Waals surface area contributed by atoms with E-state index in [1.54, 1.807) is 10.7 Å². The smallest absolute Gasteiger partial charge is 0.254 e. The zero-order valence-electron chi connectivity index (χ0n) is 17.2. The van der Waals surface area contributed by atoms with Crippen molar-refractivity contribution in [3.05, 3.63) is 77.6 Å². The third-order valence-electron chi connectivity index (χ3n) is 5.27. The highest BCUT2D eigenvalue weighted by molar-refractivity contribution is 5.95. The molecule has 0 aliphatic carbocycles. The maximum absolute atomic E-state index is 13.0. The highest BCUT2D eigenvalue weighted by atomic mass is 16.7. The number of aromatic nitrogens is 3. The summed E-state index contributed by atoms with van der Waals surface area (Å²) in [5.41, 5.74) is 4.92. The maximum Gasteiger partial charge on any atom is 0.254 e. The molecule has 0 saturated carbocycles. The van der Waals surface area contributed by atoms with Crippen LogP contribution >= 0.6 is 0 Å². The summed E-state index contributed by atoms with van der Waals surface area (Å²) in [6.07, 6.45) is 3.26. The van der Waals surface area contributed by atoms with E-state index in [1.165, 1.54) is 0 Å². The van der Waals surface area contributed by atoms with Crippen LogP contribution in [0.15, 0.2) is 60.8 Å². The number of hydrogen-bond acceptors (Lipinski definition) is 5. The molecule has 4 aromatic rings. The normalized spacial score (nSPS) is 12.3. The minimum atomic E-state index is -0.174. The number of hydrogen-bond donors (Lipinski definition) is 1. The molecule has 156 valence electrons. The van der Waals surface area contributed by atoms with Gasteiger partial charge in [0.15, 0.2) is 17.1 Å². The van der Waals surface area contributed by atoms with Gasteiger partial charge < -0.3 is 14.8 Å². The van der Waals surface area contributed by atoms with E-state index in [0.29, 0.717) is 17.9 Å². The molecule has 1 aliphatic rings. The van der Waals surface area contributed by atoms with E-state index in [2.05, 4.69) is 17.2 Å². The fourth-order valence-corrected chi connectivity index (χ4v) is 3.73. The molecule has 0 spiro atoms. The van der Waals surface area contributed by atoms with Crippen molar-refractivity contribution < 1.29 is 14.3 Å². The Morgan fingerprint density at radius 1 is 1.10 bits per heavy atom. The number of carbonyl (C=O) groups is 1. The summed E-state index contributed by atoms with van der Waals surface area (Å²) in [5, 5.41) is 7.74. The Kier molecular flexibility index (Phi) is 5.00. The summed E-state index contributed by atoms with van der Waals surface area (Å²) in [7, 11) is 0. The molecule has 0 saturated heterocycles. The largest absolute Gasteiger partial charge is 0.454 e. The topological polar surface area (TPSA) is 77.8 Å². The second-order valence-corrected chi connectivity index (χ2v) is 7.40. The number of aryl methyl sites for hydroxylation is 1. The van der Waals surface area contributed by atoms with Gasteiger partial charge in [0, 0.05) is 24.4 Å². The predicted octanol–water partition coefficient (Wildman–Crippen LogP) is 4.01. The molecule has 1 N–H and O–H groups in total. The van der Waals surface area contributed by atoms with Gasteiger partial charge in [-0.25, -0.2) is 9.50 Å². The number of carbonyl (C=O) groups excluding carboxylic acids is 1. The van der Waals surface area contributed by atoms with E-state index < -0.39 is 0 Å². The zero-order chi connectivity index (χ0) is 21.2. The first-order chi connectivity index (χ1) is 15.2. The van der Waals surface area contributed by atoms with Crippen molar-refractivity contribution in [2.24, 2.45) is 0 Å². The lowest BCUT2D eigenvalue weighted by Crippen LogP contribution is -2.25. The number of nitrogens with zero attached hydrogens (tertiary/aromatic N) is 3. The van der Waals surface area contributed by atoms with Crippen LogP contribution in [-0.4, -0.2) is 27.3 Å². The molecule has 1 amide bonds. The fraction of sp³-hybridized carbons (Fsp3) is 0.208. The summed E-state index contributed by atoms with van der Waals surface area (Å²) >= 11 is 0. The third kappa shape index (κ3) is 3.70. The van der Waals surface area contributed by atoms with Crippen molar-refractivity contribution in [1.82, 2.24) is 19.9 Å². The van der Waals surface area contributed by atoms with Gasteiger partial charge in [-0.15, -0.1) is 0 Å². The molecule has 0 bridgehead atoms. The summed E-state index contributed by atoms with van der Waals surface area (Å²) in [6, 6.07) is 17.6. The van der Waals surface area contributed by atoms with Gasteiger partial charge in [0.2, 0.25) is 6.79 Å². The summed E-state index contributed by atoms with van der Waals surface area (Å²) in [6.45, 7) is 2.70. The average molecular weight is 414 g/mol. The van der Waals surface area contributed by atoms with Crippen LogP contribution in [0.25, 0.3) is 16.9 Å². The van der Waals surface area contributed by atoms with Gasteiger partial charge in [-0.3, -0.25) is 4.79 Å². The molecular formula is C24H22N4O3. The lowest BCUT2D eigenvalue weighted by molar-refractivity contribution is 0.0948. The lowest BCUT2D eigenvalue weighted by Gasteiger charge is -2.11. The van der Waals surface area contributed by atoms with Crippen molar-refractivity contribution >= 4 is 11.6 Å². The van der Waals surface area contributed by atoms with Gasteiger partial charge in [0.25, 0.3) is 5.91 Å². The molecule has 7 heteroatoms. The molecule has 2 aromatic carbocycles. The molecule has 5 rings (SSSR count). The average Bonchev–Trinajstić information content (AvgIpc) is 3.45. The number of fused-ring (bicyclic) bond motifs is 2. The van der Waals surface area contributed by atoms with Crippen LogP contribution in [0, 0.1) is 0 Å². The molecule has 3 heterocycles. The Morgan fingerprint density at radius 2 is 1.94 bits per heavy atom. The minimum absolute atomic E-state index is 0.174. The van der Waals surface area contributed by atoms with Gasteiger partial charge in [0.05, 0.1) is 17.0 Å². The van der Waals surface area contributed by atoms with E-state index in [9.17, 15) is 4.79 Å². The Morgan fingerprint density at radius 3 is 2.77 bits per heavy atom. The van der Waals surface area contributed by atoms with Crippen molar-refractivity contribution in [1.29, 1.82) is 0 Å². The monoisotopic (exact) mass is 414 g/mol. The van der Waals surface area contributed by atoms with Gasteiger partial charge in [-0.05, 0) is 24.1 Å². The minimum Gasteiger partial charge on any atom is -0.454 e. The SMILES string of the molecule is CCCc1c(C(=O)NCc2ccc3c(c2)OCO3)cnc2cc(-c3ccccc3)nn12. The van der Waals surface area contributed by atoms with E-state index in [0.717, 1.165) is 46.8 Å². The van der Waals surface area contributed by atoms with Crippen LogP contribution < -0.4 is 14.8 Å². The first-order valence-electron chi connectivity index (χ1n) is 10.3. The van der Waals surface area contributed by atoms with Gasteiger partial charge >= 0.3 is 0 Å². The Hall–Kier alpha value is -3.87. The zero-order valence-corrected chi connectivity index (χ0v) is 17.2. The molecule has 2 aromatic heterocycles. The molecule has 7 nitrogen and oxygen atoms in total. The first-order valence-corrected chi connectivity index (χ1v) is 10.3. The van der Waals surface area contributed by atoms with Crippen LogP contribution in [0.1, 0.15) is 35.0 Å². The van der Waals surface area contributed by atoms with E-state index in [1.807, 2.05) is 54.6 Å². The standard InChI is InChI=1S/C24H22N4O3/c1-2-6-20-18(24(29)26-13-16-9-10-21-22(11-16)31-15-30-21)14-25-23-12-19(27-28(20)23)17-7-4-3-5-8-17/h3-5,7-12,14H,2,6,13,15H2,1H3,(H,26,29). The lowest BCUT2D eigenvalue weighted by atomic mass is 10.1. The van der Waals surface area contributed by atoms with E-state index in [-0.39, 0.29) is 12.7 Å². The Balaban J connectivity index is 1.42. The quantitative estimate of drug-likeness (QED) is 0.516. The van der Waals surface area contributed by atoms with Crippen molar-refractivity contribution in [2.45, 2.75) is 26.3 Å². The number of benzene rings is 2.